The summed E-state index contributed by atoms with van der Waals surface area (Å²) in [4.78, 5) is 10.2. The van der Waals surface area contributed by atoms with Crippen LogP contribution in [0.25, 0.3) is 0 Å². The Bertz CT molecular complexity index is 1030. The van der Waals surface area contributed by atoms with Crippen molar-refractivity contribution in [1.29, 1.82) is 0 Å². The second kappa shape index (κ2) is 9.40. The largest absolute Gasteiger partial charge is 0.360 e. The van der Waals surface area contributed by atoms with E-state index in [-0.39, 0.29) is 10.6 Å². The summed E-state index contributed by atoms with van der Waals surface area (Å²) in [5.74, 6) is 0. The van der Waals surface area contributed by atoms with Crippen LogP contribution in [0.15, 0.2) is 47.4 Å². The van der Waals surface area contributed by atoms with Crippen molar-refractivity contribution in [2.24, 2.45) is 0 Å². The lowest BCUT2D eigenvalue weighted by Crippen LogP contribution is -2.38. The van der Waals surface area contributed by atoms with Crippen molar-refractivity contribution in [1.82, 2.24) is 5.32 Å². The van der Waals surface area contributed by atoms with Crippen LogP contribution in [0, 0.1) is 17.0 Å². The summed E-state index contributed by atoms with van der Waals surface area (Å²) >= 11 is 5.36. The average Bonchev–Trinajstić information content (AvgIpc) is 2.70. The van der Waals surface area contributed by atoms with Crippen LogP contribution in [0.5, 0.6) is 0 Å². The molecule has 1 aliphatic carbocycles. The smallest absolute Gasteiger partial charge is 0.270 e. The molecule has 0 aromatic heterocycles. The minimum atomic E-state index is -3.97. The topological polar surface area (TPSA) is 113 Å². The SMILES string of the molecule is Cc1ccc([N+](=O)[O-])cc1S(=O)(=O)Nc1ccc(NC(=S)NC2CCCCC2)cc1. The van der Waals surface area contributed by atoms with Gasteiger partial charge in [0.1, 0.15) is 0 Å². The lowest BCUT2D eigenvalue weighted by atomic mass is 9.96. The van der Waals surface area contributed by atoms with Gasteiger partial charge in [0.15, 0.2) is 5.11 Å². The number of thiocarbonyl (C=S) groups is 1. The first-order valence-electron chi connectivity index (χ1n) is 9.70. The molecule has 3 N–H and O–H groups in total. The van der Waals surface area contributed by atoms with Crippen LogP contribution in [-0.2, 0) is 10.0 Å². The first-order chi connectivity index (χ1) is 14.2. The summed E-state index contributed by atoms with van der Waals surface area (Å²) in [6.07, 6.45) is 5.91. The third kappa shape index (κ3) is 5.67. The van der Waals surface area contributed by atoms with E-state index >= 15 is 0 Å². The van der Waals surface area contributed by atoms with Gasteiger partial charge in [0.2, 0.25) is 0 Å². The van der Waals surface area contributed by atoms with E-state index in [1.54, 1.807) is 31.2 Å². The van der Waals surface area contributed by atoms with Crippen LogP contribution >= 0.6 is 12.2 Å². The fourth-order valence-electron chi connectivity index (χ4n) is 3.42. The lowest BCUT2D eigenvalue weighted by Gasteiger charge is -2.24. The van der Waals surface area contributed by atoms with E-state index in [9.17, 15) is 18.5 Å². The first kappa shape index (κ1) is 22.0. The number of nitrogens with zero attached hydrogens (tertiary/aromatic N) is 1. The highest BCUT2D eigenvalue weighted by Gasteiger charge is 2.21. The third-order valence-corrected chi connectivity index (χ3v) is 6.75. The Hall–Kier alpha value is -2.72. The van der Waals surface area contributed by atoms with Gasteiger partial charge >= 0.3 is 0 Å². The molecule has 2 aromatic carbocycles. The number of nitrogens with one attached hydrogen (secondary N) is 3. The Kier molecular flexibility index (Phi) is 6.88. The zero-order valence-electron chi connectivity index (χ0n) is 16.6. The van der Waals surface area contributed by atoms with Gasteiger partial charge in [0, 0.05) is 29.5 Å². The highest BCUT2D eigenvalue weighted by atomic mass is 32.2. The van der Waals surface area contributed by atoms with Crippen molar-refractivity contribution < 1.29 is 13.3 Å². The normalized spacial score (nSPS) is 14.7. The molecule has 0 atom stereocenters. The zero-order valence-corrected chi connectivity index (χ0v) is 18.2. The van der Waals surface area contributed by atoms with E-state index in [1.807, 2.05) is 0 Å². The fourth-order valence-corrected chi connectivity index (χ4v) is 5.03. The Balaban J connectivity index is 1.65. The lowest BCUT2D eigenvalue weighted by molar-refractivity contribution is -0.385. The van der Waals surface area contributed by atoms with Gasteiger partial charge in [-0.15, -0.1) is 0 Å². The molecule has 30 heavy (non-hydrogen) atoms. The molecule has 160 valence electrons. The Labute approximate surface area is 181 Å². The van der Waals surface area contributed by atoms with Gasteiger partial charge in [-0.05, 0) is 61.8 Å². The third-order valence-electron chi connectivity index (χ3n) is 5.01. The summed E-state index contributed by atoms with van der Waals surface area (Å²) in [5, 5.41) is 17.9. The molecule has 3 rings (SSSR count). The number of nitro benzene ring substituents is 1. The molecule has 0 bridgehead atoms. The van der Waals surface area contributed by atoms with Crippen molar-refractivity contribution in [3.63, 3.8) is 0 Å². The number of hydrogen-bond acceptors (Lipinski definition) is 5. The van der Waals surface area contributed by atoms with Crippen LogP contribution in [0.2, 0.25) is 0 Å². The number of sulfonamides is 1. The van der Waals surface area contributed by atoms with Gasteiger partial charge in [-0.1, -0.05) is 25.3 Å². The summed E-state index contributed by atoms with van der Waals surface area (Å²) in [5.41, 5.74) is 1.22. The summed E-state index contributed by atoms with van der Waals surface area (Å²) in [6.45, 7) is 1.59. The van der Waals surface area contributed by atoms with Gasteiger partial charge in [-0.2, -0.15) is 0 Å². The van der Waals surface area contributed by atoms with Crippen LogP contribution in [0.4, 0.5) is 17.1 Å². The molecule has 10 heteroatoms. The summed E-state index contributed by atoms with van der Waals surface area (Å²) < 4.78 is 27.9. The summed E-state index contributed by atoms with van der Waals surface area (Å²) in [7, 11) is -3.97. The van der Waals surface area contributed by atoms with Crippen molar-refractivity contribution >= 4 is 44.4 Å². The van der Waals surface area contributed by atoms with Gasteiger partial charge in [-0.3, -0.25) is 14.8 Å². The Morgan fingerprint density at radius 1 is 1.07 bits per heavy atom. The Morgan fingerprint density at radius 2 is 1.70 bits per heavy atom. The molecule has 1 aliphatic rings. The number of aryl methyl sites for hydroxylation is 1. The monoisotopic (exact) mass is 448 g/mol. The number of non-ortho nitro benzene ring substituents is 1. The van der Waals surface area contributed by atoms with Crippen molar-refractivity contribution in [2.45, 2.75) is 50.0 Å². The quantitative estimate of drug-likeness (QED) is 0.342. The number of rotatable bonds is 6. The van der Waals surface area contributed by atoms with Crippen LogP contribution in [0.1, 0.15) is 37.7 Å². The molecule has 0 amide bonds. The predicted octanol–water partition coefficient (Wildman–Crippen LogP) is 4.32. The minimum absolute atomic E-state index is 0.128. The fraction of sp³-hybridized carbons (Fsp3) is 0.350. The number of anilines is 2. The van der Waals surface area contributed by atoms with Gasteiger partial charge in [0.05, 0.1) is 9.82 Å². The molecule has 1 fully saturated rings. The standard InChI is InChI=1S/C20H24N4O4S2/c1-14-7-12-18(24(25)26)13-19(14)30(27,28)23-17-10-8-16(9-11-17)22-20(29)21-15-5-3-2-4-6-15/h7-13,15,23H,2-6H2,1H3,(H2,21,22,29). The predicted molar refractivity (Wildman–Crippen MR) is 121 cm³/mol. The van der Waals surface area contributed by atoms with Crippen molar-refractivity contribution in [2.75, 3.05) is 10.0 Å². The average molecular weight is 449 g/mol. The number of hydrogen-bond donors (Lipinski definition) is 3. The highest BCUT2D eigenvalue weighted by molar-refractivity contribution is 7.92. The van der Waals surface area contributed by atoms with E-state index < -0.39 is 14.9 Å². The molecule has 2 aromatic rings. The molecule has 0 unspecified atom stereocenters. The molecule has 0 saturated heterocycles. The van der Waals surface area contributed by atoms with E-state index in [1.165, 1.54) is 31.4 Å². The maximum Gasteiger partial charge on any atom is 0.270 e. The van der Waals surface area contributed by atoms with E-state index in [0.717, 1.165) is 24.6 Å². The second-order valence-electron chi connectivity index (χ2n) is 7.32. The minimum Gasteiger partial charge on any atom is -0.360 e. The maximum absolute atomic E-state index is 12.7. The molecule has 0 heterocycles. The van der Waals surface area contributed by atoms with Crippen LogP contribution in [-0.4, -0.2) is 24.5 Å². The Morgan fingerprint density at radius 3 is 2.33 bits per heavy atom. The van der Waals surface area contributed by atoms with E-state index in [2.05, 4.69) is 15.4 Å². The maximum atomic E-state index is 12.7. The zero-order chi connectivity index (χ0) is 21.7. The second-order valence-corrected chi connectivity index (χ2v) is 9.38. The number of benzene rings is 2. The molecule has 0 radical (unpaired) electrons. The van der Waals surface area contributed by atoms with Crippen molar-refractivity contribution in [3.8, 4) is 0 Å². The number of nitro groups is 1. The highest BCUT2D eigenvalue weighted by Crippen LogP contribution is 2.25. The molecular formula is C20H24N4O4S2. The van der Waals surface area contributed by atoms with Crippen LogP contribution < -0.4 is 15.4 Å². The molecule has 8 nitrogen and oxygen atoms in total. The van der Waals surface area contributed by atoms with Crippen LogP contribution in [0.3, 0.4) is 0 Å². The molecular weight excluding hydrogens is 424 g/mol. The molecule has 1 saturated carbocycles. The molecule has 0 aliphatic heterocycles. The first-order valence-corrected chi connectivity index (χ1v) is 11.6. The van der Waals surface area contributed by atoms with E-state index in [4.69, 9.17) is 12.2 Å². The van der Waals surface area contributed by atoms with Gasteiger partial charge in [0.25, 0.3) is 15.7 Å². The van der Waals surface area contributed by atoms with Crippen molar-refractivity contribution in [3.05, 3.63) is 58.1 Å². The van der Waals surface area contributed by atoms with E-state index in [0.29, 0.717) is 22.4 Å². The van der Waals surface area contributed by atoms with Gasteiger partial charge in [-0.25, -0.2) is 8.42 Å². The summed E-state index contributed by atoms with van der Waals surface area (Å²) in [6, 6.07) is 10.8. The molecule has 0 spiro atoms. The van der Waals surface area contributed by atoms with Gasteiger partial charge < -0.3 is 10.6 Å².